The molecule has 0 radical (unpaired) electrons. The minimum absolute atomic E-state index is 0.157. The summed E-state index contributed by atoms with van der Waals surface area (Å²) >= 11 is 6.10. The molecule has 0 unspecified atom stereocenters. The van der Waals surface area contributed by atoms with Crippen LogP contribution in [-0.2, 0) is 26.6 Å². The van der Waals surface area contributed by atoms with Crippen LogP contribution in [0.3, 0.4) is 0 Å². The van der Waals surface area contributed by atoms with Crippen molar-refractivity contribution >= 4 is 34.4 Å². The average Bonchev–Trinajstić information content (AvgIpc) is 3.21. The molecule has 0 N–H and O–H groups in total. The fourth-order valence-electron chi connectivity index (χ4n) is 4.38. The maximum absolute atomic E-state index is 13.5. The normalized spacial score (nSPS) is 13.5. The fraction of sp³-hybridized carbons (Fsp3) is 0.292. The van der Waals surface area contributed by atoms with Gasteiger partial charge < -0.3 is 9.47 Å². The zero-order valence-electron chi connectivity index (χ0n) is 18.1. The number of fused-ring (bicyclic) bond motifs is 3. The number of benzene rings is 2. The molecule has 0 aliphatic carbocycles. The summed E-state index contributed by atoms with van der Waals surface area (Å²) in [4.78, 5) is 33.4. The minimum atomic E-state index is -0.392. The second-order valence-electron chi connectivity index (χ2n) is 8.12. The lowest BCUT2D eigenvalue weighted by Crippen LogP contribution is -2.40. The Kier molecular flexibility index (Phi) is 5.13. The molecule has 2 aromatic carbocycles. The first-order valence-electron chi connectivity index (χ1n) is 10.8. The molecule has 164 valence electrons. The minimum Gasteiger partial charge on any atom is -0.312 e. The highest BCUT2D eigenvalue weighted by Crippen LogP contribution is 2.31. The van der Waals surface area contributed by atoms with E-state index in [1.807, 2.05) is 16.7 Å². The Hall–Kier alpha value is -3.32. The molecule has 0 amide bonds. The van der Waals surface area contributed by atoms with Crippen LogP contribution in [-0.4, -0.2) is 25.2 Å². The predicted molar refractivity (Wildman–Crippen MR) is 127 cm³/mol. The molecule has 0 spiro atoms. The lowest BCUT2D eigenvalue weighted by Gasteiger charge is -2.29. The first-order chi connectivity index (χ1) is 15.5. The second kappa shape index (κ2) is 7.98. The highest BCUT2D eigenvalue weighted by molar-refractivity contribution is 6.30. The van der Waals surface area contributed by atoms with E-state index in [2.05, 4.69) is 36.1 Å². The lowest BCUT2D eigenvalue weighted by atomic mass is 10.1. The van der Waals surface area contributed by atoms with Gasteiger partial charge in [0.15, 0.2) is 11.2 Å². The smallest absolute Gasteiger partial charge is 0.312 e. The van der Waals surface area contributed by atoms with Crippen LogP contribution in [0, 0.1) is 0 Å². The first kappa shape index (κ1) is 20.6. The molecule has 0 bridgehead atoms. The molecular formula is C24H24ClN5O2. The number of imidazole rings is 1. The lowest BCUT2D eigenvalue weighted by molar-refractivity contribution is 0.597. The molecule has 2 aromatic heterocycles. The number of nitrogens with zero attached hydrogens (tertiary/aromatic N) is 5. The van der Waals surface area contributed by atoms with E-state index >= 15 is 0 Å². The van der Waals surface area contributed by atoms with E-state index in [1.54, 1.807) is 19.2 Å². The Morgan fingerprint density at radius 3 is 2.53 bits per heavy atom. The van der Waals surface area contributed by atoms with E-state index in [0.29, 0.717) is 28.7 Å². The van der Waals surface area contributed by atoms with Crippen molar-refractivity contribution < 1.29 is 0 Å². The van der Waals surface area contributed by atoms with Crippen molar-refractivity contribution in [2.24, 2.45) is 7.05 Å². The van der Waals surface area contributed by atoms with Crippen molar-refractivity contribution in [2.45, 2.75) is 32.9 Å². The Labute approximate surface area is 190 Å². The van der Waals surface area contributed by atoms with E-state index < -0.39 is 5.69 Å². The zero-order valence-corrected chi connectivity index (χ0v) is 18.8. The summed E-state index contributed by atoms with van der Waals surface area (Å²) < 4.78 is 4.67. The molecule has 1 aliphatic heterocycles. The summed E-state index contributed by atoms with van der Waals surface area (Å²) in [6.07, 6.45) is 1.86. The van der Waals surface area contributed by atoms with E-state index in [0.717, 1.165) is 30.6 Å². The van der Waals surface area contributed by atoms with Gasteiger partial charge in [-0.1, -0.05) is 42.8 Å². The van der Waals surface area contributed by atoms with Gasteiger partial charge in [-0.05, 0) is 48.2 Å². The number of hydrogen-bond donors (Lipinski definition) is 0. The van der Waals surface area contributed by atoms with Crippen LogP contribution < -0.4 is 16.1 Å². The summed E-state index contributed by atoms with van der Waals surface area (Å²) in [5.74, 6) is 0.697. The maximum atomic E-state index is 13.5. The van der Waals surface area contributed by atoms with Crippen molar-refractivity contribution in [3.63, 3.8) is 0 Å². The van der Waals surface area contributed by atoms with Crippen LogP contribution in [0.25, 0.3) is 11.2 Å². The van der Waals surface area contributed by atoms with Gasteiger partial charge in [-0.15, -0.1) is 0 Å². The predicted octanol–water partition coefficient (Wildman–Crippen LogP) is 3.70. The van der Waals surface area contributed by atoms with Gasteiger partial charge in [0.05, 0.1) is 6.54 Å². The monoisotopic (exact) mass is 449 g/mol. The third-order valence-corrected chi connectivity index (χ3v) is 6.34. The Morgan fingerprint density at radius 2 is 1.81 bits per heavy atom. The average molecular weight is 450 g/mol. The summed E-state index contributed by atoms with van der Waals surface area (Å²) in [6.45, 7) is 3.77. The molecule has 7 nitrogen and oxygen atoms in total. The molecule has 0 atom stereocenters. The van der Waals surface area contributed by atoms with Crippen LogP contribution in [0.1, 0.15) is 24.5 Å². The molecule has 0 saturated heterocycles. The van der Waals surface area contributed by atoms with Gasteiger partial charge in [-0.2, -0.15) is 4.98 Å². The van der Waals surface area contributed by atoms with Gasteiger partial charge in [0, 0.05) is 30.8 Å². The molecule has 3 heterocycles. The molecule has 0 saturated carbocycles. The van der Waals surface area contributed by atoms with Crippen molar-refractivity contribution in [3.05, 3.63) is 85.5 Å². The molecule has 32 heavy (non-hydrogen) atoms. The molecule has 4 aromatic rings. The summed E-state index contributed by atoms with van der Waals surface area (Å²) in [6, 6.07) is 15.6. The standard InChI is InChI=1S/C24H24ClN5O2/c1-3-16-8-10-19(11-9-16)28-12-5-13-29-20-21(26-23(28)29)27(2)24(32)30(22(20)31)15-17-6-4-7-18(25)14-17/h4,6-11,14H,3,5,12-13,15H2,1-2H3. The van der Waals surface area contributed by atoms with Crippen molar-refractivity contribution in [1.82, 2.24) is 18.7 Å². The number of anilines is 2. The second-order valence-corrected chi connectivity index (χ2v) is 8.56. The van der Waals surface area contributed by atoms with Gasteiger partial charge in [-0.3, -0.25) is 13.9 Å². The maximum Gasteiger partial charge on any atom is 0.332 e. The Bertz CT molecular complexity index is 1430. The molecule has 1 aliphatic rings. The van der Waals surface area contributed by atoms with Crippen molar-refractivity contribution in [2.75, 3.05) is 11.4 Å². The third kappa shape index (κ3) is 3.33. The summed E-state index contributed by atoms with van der Waals surface area (Å²) in [5.41, 5.74) is 3.25. The van der Waals surface area contributed by atoms with Gasteiger partial charge >= 0.3 is 5.69 Å². The molecule has 8 heteroatoms. The molecular weight excluding hydrogens is 426 g/mol. The van der Waals surface area contributed by atoms with Crippen LogP contribution in [0.5, 0.6) is 0 Å². The van der Waals surface area contributed by atoms with E-state index in [-0.39, 0.29) is 12.1 Å². The number of rotatable bonds is 4. The van der Waals surface area contributed by atoms with Gasteiger partial charge in [0.1, 0.15) is 0 Å². The van der Waals surface area contributed by atoms with Crippen molar-refractivity contribution in [3.8, 4) is 0 Å². The van der Waals surface area contributed by atoms with Gasteiger partial charge in [0.25, 0.3) is 5.56 Å². The van der Waals surface area contributed by atoms with E-state index in [4.69, 9.17) is 16.6 Å². The number of aryl methyl sites for hydroxylation is 3. The Morgan fingerprint density at radius 1 is 1.03 bits per heavy atom. The van der Waals surface area contributed by atoms with Crippen LogP contribution >= 0.6 is 11.6 Å². The van der Waals surface area contributed by atoms with E-state index in [9.17, 15) is 9.59 Å². The van der Waals surface area contributed by atoms with Crippen LogP contribution in [0.15, 0.2) is 58.1 Å². The van der Waals surface area contributed by atoms with Crippen molar-refractivity contribution in [1.29, 1.82) is 0 Å². The highest BCUT2D eigenvalue weighted by atomic mass is 35.5. The number of aromatic nitrogens is 4. The highest BCUT2D eigenvalue weighted by Gasteiger charge is 2.27. The molecule has 5 rings (SSSR count). The topological polar surface area (TPSA) is 65.1 Å². The van der Waals surface area contributed by atoms with Crippen LogP contribution in [0.4, 0.5) is 11.6 Å². The zero-order chi connectivity index (χ0) is 22.4. The number of hydrogen-bond acceptors (Lipinski definition) is 4. The first-order valence-corrected chi connectivity index (χ1v) is 11.2. The third-order valence-electron chi connectivity index (χ3n) is 6.10. The largest absolute Gasteiger partial charge is 0.332 e. The SMILES string of the molecule is CCc1ccc(N2CCCn3c2nc2c3c(=O)n(Cc3cccc(Cl)c3)c(=O)n2C)cc1. The van der Waals surface area contributed by atoms with Gasteiger partial charge in [-0.25, -0.2) is 4.79 Å². The quantitative estimate of drug-likeness (QED) is 0.476. The molecule has 0 fully saturated rings. The Balaban J connectivity index is 1.67. The summed E-state index contributed by atoms with van der Waals surface area (Å²) in [7, 11) is 1.66. The fourth-order valence-corrected chi connectivity index (χ4v) is 4.59. The summed E-state index contributed by atoms with van der Waals surface area (Å²) in [5, 5.41) is 0.569. The number of halogens is 1. The van der Waals surface area contributed by atoms with Crippen LogP contribution in [0.2, 0.25) is 5.02 Å². The van der Waals surface area contributed by atoms with E-state index in [1.165, 1.54) is 14.7 Å². The van der Waals surface area contributed by atoms with Gasteiger partial charge in [0.2, 0.25) is 5.95 Å².